The first-order valence-electron chi connectivity index (χ1n) is 11.8. The first-order valence-corrected chi connectivity index (χ1v) is 14.2. The molecule has 0 aromatic heterocycles. The SMILES string of the molecule is COC(=O)c1ccc(C(OC(C)=O)(c2ccc(Cl)cc2)C2(C(c3cc(F)cc(F)c3)S(C)(=O)=O)CNC2)cc1. The smallest absolute Gasteiger partial charge is 0.337 e. The zero-order valence-electron chi connectivity index (χ0n) is 21.3. The van der Waals surface area contributed by atoms with Gasteiger partial charge in [-0.1, -0.05) is 35.9 Å². The second kappa shape index (κ2) is 10.7. The molecule has 2 atom stereocenters. The maximum atomic E-state index is 14.4. The Morgan fingerprint density at radius 2 is 1.49 bits per heavy atom. The Kier molecular flexibility index (Phi) is 7.84. The minimum Gasteiger partial charge on any atom is -0.465 e. The third-order valence-electron chi connectivity index (χ3n) is 6.96. The van der Waals surface area contributed by atoms with Crippen LogP contribution in [0.1, 0.15) is 39.2 Å². The van der Waals surface area contributed by atoms with E-state index in [0.29, 0.717) is 22.2 Å². The molecule has 3 aromatic carbocycles. The van der Waals surface area contributed by atoms with Crippen molar-refractivity contribution in [3.63, 3.8) is 0 Å². The standard InChI is InChI=1S/C28H26ClF2NO6S/c1-17(33)38-28(21-8-10-22(29)11-9-21,20-6-4-18(5-7-20)26(34)37-2)27(15-32-16-27)25(39(3,35)36)19-12-23(30)14-24(31)13-19/h4-14,25,32H,15-16H2,1-3H3. The third-order valence-corrected chi connectivity index (χ3v) is 8.79. The third kappa shape index (κ3) is 5.16. The molecule has 2 unspecified atom stereocenters. The lowest BCUT2D eigenvalue weighted by Crippen LogP contribution is -2.69. The minimum atomic E-state index is -4.10. The first-order chi connectivity index (χ1) is 18.3. The van der Waals surface area contributed by atoms with Crippen LogP contribution in [-0.4, -0.2) is 46.8 Å². The Bertz CT molecular complexity index is 1490. The summed E-state index contributed by atoms with van der Waals surface area (Å²) in [6.45, 7) is 1.18. The summed E-state index contributed by atoms with van der Waals surface area (Å²) in [4.78, 5) is 24.9. The van der Waals surface area contributed by atoms with Gasteiger partial charge in [-0.3, -0.25) is 4.79 Å². The first kappa shape index (κ1) is 28.7. The van der Waals surface area contributed by atoms with Gasteiger partial charge in [0, 0.05) is 48.5 Å². The van der Waals surface area contributed by atoms with Crippen LogP contribution in [0.3, 0.4) is 0 Å². The van der Waals surface area contributed by atoms with Crippen molar-refractivity contribution in [1.82, 2.24) is 5.32 Å². The molecular weight excluding hydrogens is 552 g/mol. The molecule has 0 aliphatic carbocycles. The molecular formula is C28H26ClF2NO6S. The monoisotopic (exact) mass is 577 g/mol. The van der Waals surface area contributed by atoms with E-state index >= 15 is 0 Å². The molecule has 1 aliphatic rings. The van der Waals surface area contributed by atoms with Crippen molar-refractivity contribution in [2.24, 2.45) is 5.41 Å². The van der Waals surface area contributed by atoms with Crippen LogP contribution in [-0.2, 0) is 29.7 Å². The number of carbonyl (C=O) groups is 2. The van der Waals surface area contributed by atoms with E-state index in [2.05, 4.69) is 5.32 Å². The Labute approximate surface area is 230 Å². The highest BCUT2D eigenvalue weighted by atomic mass is 35.5. The van der Waals surface area contributed by atoms with Crippen LogP contribution in [0.15, 0.2) is 66.7 Å². The van der Waals surface area contributed by atoms with E-state index in [-0.39, 0.29) is 24.2 Å². The van der Waals surface area contributed by atoms with Crippen LogP contribution in [0.5, 0.6) is 0 Å². The number of rotatable bonds is 8. The topological polar surface area (TPSA) is 98.8 Å². The average Bonchev–Trinajstić information content (AvgIpc) is 2.83. The van der Waals surface area contributed by atoms with Crippen molar-refractivity contribution in [2.75, 3.05) is 26.5 Å². The van der Waals surface area contributed by atoms with Crippen LogP contribution in [0.2, 0.25) is 5.02 Å². The normalized spacial score (nSPS) is 16.9. The highest BCUT2D eigenvalue weighted by Crippen LogP contribution is 2.59. The van der Waals surface area contributed by atoms with E-state index in [4.69, 9.17) is 21.1 Å². The van der Waals surface area contributed by atoms with Gasteiger partial charge < -0.3 is 14.8 Å². The number of ether oxygens (including phenoxy) is 2. The Morgan fingerprint density at radius 1 is 0.974 bits per heavy atom. The molecule has 0 amide bonds. The molecule has 0 spiro atoms. The molecule has 1 saturated heterocycles. The van der Waals surface area contributed by atoms with Gasteiger partial charge in [-0.2, -0.15) is 0 Å². The van der Waals surface area contributed by atoms with Gasteiger partial charge >= 0.3 is 11.9 Å². The lowest BCUT2D eigenvalue weighted by atomic mass is 9.58. The van der Waals surface area contributed by atoms with Gasteiger partial charge in [0.05, 0.1) is 23.3 Å². The van der Waals surface area contributed by atoms with E-state index in [9.17, 15) is 26.8 Å². The predicted molar refractivity (Wildman–Crippen MR) is 141 cm³/mol. The molecule has 0 radical (unpaired) electrons. The van der Waals surface area contributed by atoms with Gasteiger partial charge in [0.25, 0.3) is 0 Å². The lowest BCUT2D eigenvalue weighted by molar-refractivity contribution is -0.176. The number of hydrogen-bond donors (Lipinski definition) is 1. The van der Waals surface area contributed by atoms with E-state index < -0.39 is 49.7 Å². The summed E-state index contributed by atoms with van der Waals surface area (Å²) in [6.07, 6.45) is 0.973. The summed E-state index contributed by atoms with van der Waals surface area (Å²) in [5.41, 5.74) is -2.51. The van der Waals surface area contributed by atoms with Gasteiger partial charge in [0.2, 0.25) is 0 Å². The number of carbonyl (C=O) groups excluding carboxylic acids is 2. The molecule has 11 heteroatoms. The number of methoxy groups -OCH3 is 1. The van der Waals surface area contributed by atoms with E-state index in [1.54, 1.807) is 24.3 Å². The van der Waals surface area contributed by atoms with E-state index in [0.717, 1.165) is 18.4 Å². The van der Waals surface area contributed by atoms with Crippen molar-refractivity contribution in [3.05, 3.63) is 106 Å². The Morgan fingerprint density at radius 3 is 1.90 bits per heavy atom. The minimum absolute atomic E-state index is 0.00245. The fourth-order valence-corrected chi connectivity index (χ4v) is 7.44. The van der Waals surface area contributed by atoms with Crippen LogP contribution < -0.4 is 5.32 Å². The number of benzene rings is 3. The summed E-state index contributed by atoms with van der Waals surface area (Å²) in [5, 5.41) is 1.94. The fraction of sp³-hybridized carbons (Fsp3) is 0.286. The predicted octanol–water partition coefficient (Wildman–Crippen LogP) is 4.59. The fourth-order valence-electron chi connectivity index (χ4n) is 5.54. The van der Waals surface area contributed by atoms with Gasteiger partial charge in [-0.25, -0.2) is 22.0 Å². The number of sulfone groups is 1. The van der Waals surface area contributed by atoms with Crippen LogP contribution in [0.4, 0.5) is 8.78 Å². The quantitative estimate of drug-likeness (QED) is 0.391. The van der Waals surface area contributed by atoms with Crippen molar-refractivity contribution in [2.45, 2.75) is 17.8 Å². The second-order valence-electron chi connectivity index (χ2n) is 9.52. The Hall–Kier alpha value is -3.34. The molecule has 0 bridgehead atoms. The summed E-state index contributed by atoms with van der Waals surface area (Å²) in [7, 11) is -2.87. The summed E-state index contributed by atoms with van der Waals surface area (Å²) in [5.74, 6) is -3.23. The molecule has 7 nitrogen and oxygen atoms in total. The summed E-state index contributed by atoms with van der Waals surface area (Å²) in [6, 6.07) is 14.9. The molecule has 39 heavy (non-hydrogen) atoms. The van der Waals surface area contributed by atoms with E-state index in [1.807, 2.05) is 0 Å². The highest BCUT2D eigenvalue weighted by molar-refractivity contribution is 7.91. The molecule has 1 heterocycles. The van der Waals surface area contributed by atoms with Gasteiger partial charge in [-0.05, 0) is 42.0 Å². The largest absolute Gasteiger partial charge is 0.465 e. The second-order valence-corrected chi connectivity index (χ2v) is 12.1. The average molecular weight is 578 g/mol. The van der Waals surface area contributed by atoms with Crippen LogP contribution >= 0.6 is 11.6 Å². The van der Waals surface area contributed by atoms with Crippen molar-refractivity contribution < 1.29 is 36.3 Å². The van der Waals surface area contributed by atoms with E-state index in [1.165, 1.54) is 38.3 Å². The number of halogens is 3. The molecule has 1 fully saturated rings. The summed E-state index contributed by atoms with van der Waals surface area (Å²) >= 11 is 6.16. The van der Waals surface area contributed by atoms with Gasteiger partial charge in [0.15, 0.2) is 15.4 Å². The molecule has 1 N–H and O–H groups in total. The Balaban J connectivity index is 2.12. The molecule has 1 aliphatic heterocycles. The highest BCUT2D eigenvalue weighted by Gasteiger charge is 2.66. The number of nitrogens with one attached hydrogen (secondary N) is 1. The van der Waals surface area contributed by atoms with Gasteiger partial charge in [0.1, 0.15) is 11.6 Å². The zero-order chi connectivity index (χ0) is 28.6. The molecule has 206 valence electrons. The lowest BCUT2D eigenvalue weighted by Gasteiger charge is -2.58. The molecule has 0 saturated carbocycles. The van der Waals surface area contributed by atoms with Crippen molar-refractivity contribution in [3.8, 4) is 0 Å². The van der Waals surface area contributed by atoms with Crippen molar-refractivity contribution >= 4 is 33.4 Å². The number of esters is 2. The summed E-state index contributed by atoms with van der Waals surface area (Å²) < 4.78 is 66.9. The maximum Gasteiger partial charge on any atom is 0.337 e. The maximum absolute atomic E-state index is 14.4. The molecule has 4 rings (SSSR count). The zero-order valence-corrected chi connectivity index (χ0v) is 22.9. The van der Waals surface area contributed by atoms with Crippen LogP contribution in [0.25, 0.3) is 0 Å². The number of hydrogen-bond acceptors (Lipinski definition) is 7. The molecule has 3 aromatic rings. The van der Waals surface area contributed by atoms with Gasteiger partial charge in [-0.15, -0.1) is 0 Å². The van der Waals surface area contributed by atoms with Crippen LogP contribution in [0, 0.1) is 17.0 Å². The van der Waals surface area contributed by atoms with Crippen molar-refractivity contribution in [1.29, 1.82) is 0 Å².